The zero-order chi connectivity index (χ0) is 8.32. The van der Waals surface area contributed by atoms with E-state index in [0.29, 0.717) is 6.61 Å². The van der Waals surface area contributed by atoms with Gasteiger partial charge in [0.1, 0.15) is 6.61 Å². The zero-order valence-electron chi connectivity index (χ0n) is 7.05. The largest absolute Gasteiger partial charge is 0.463 e. The summed E-state index contributed by atoms with van der Waals surface area (Å²) in [6, 6.07) is 0. The normalized spacial score (nSPS) is 30.4. The Morgan fingerprint density at radius 2 is 2.45 bits per heavy atom. The van der Waals surface area contributed by atoms with Crippen LogP contribution in [-0.4, -0.2) is 24.8 Å². The number of carbonyl (C=O) groups is 1. The first-order chi connectivity index (χ1) is 5.12. The fourth-order valence-electron chi connectivity index (χ4n) is 1.20. The van der Waals surface area contributed by atoms with Crippen molar-refractivity contribution < 1.29 is 14.3 Å². The molecule has 3 heteroatoms. The van der Waals surface area contributed by atoms with Crippen molar-refractivity contribution >= 4 is 5.97 Å². The quantitative estimate of drug-likeness (QED) is 0.565. The molecule has 1 saturated heterocycles. The van der Waals surface area contributed by atoms with Crippen molar-refractivity contribution in [3.8, 4) is 0 Å². The summed E-state index contributed by atoms with van der Waals surface area (Å²) in [5.41, 5.74) is -0.217. The highest BCUT2D eigenvalue weighted by atomic mass is 16.6. The minimum absolute atomic E-state index is 0.217. The lowest BCUT2D eigenvalue weighted by molar-refractivity contribution is -0.148. The summed E-state index contributed by atoms with van der Waals surface area (Å²) in [4.78, 5) is 10.5. The Bertz CT molecular complexity index is 147. The van der Waals surface area contributed by atoms with E-state index in [9.17, 15) is 4.79 Å². The van der Waals surface area contributed by atoms with E-state index in [1.54, 1.807) is 0 Å². The summed E-state index contributed by atoms with van der Waals surface area (Å²) in [5.74, 6) is -0.235. The Morgan fingerprint density at radius 1 is 1.73 bits per heavy atom. The number of ether oxygens (including phenoxy) is 2. The Morgan fingerprint density at radius 3 is 2.91 bits per heavy atom. The van der Waals surface area contributed by atoms with Crippen LogP contribution < -0.4 is 0 Å². The number of hydrogen-bond acceptors (Lipinski definition) is 3. The molecule has 1 atom stereocenters. The SMILES string of the molecule is CC(=O)OCC1(C)CCCO1. The van der Waals surface area contributed by atoms with Gasteiger partial charge in [0.15, 0.2) is 0 Å². The third-order valence-corrected chi connectivity index (χ3v) is 1.88. The first-order valence-electron chi connectivity index (χ1n) is 3.90. The van der Waals surface area contributed by atoms with Crippen LogP contribution >= 0.6 is 0 Å². The van der Waals surface area contributed by atoms with Gasteiger partial charge in [0.05, 0.1) is 5.60 Å². The molecule has 0 radical (unpaired) electrons. The summed E-state index contributed by atoms with van der Waals surface area (Å²) in [7, 11) is 0. The van der Waals surface area contributed by atoms with Crippen LogP contribution in [0.15, 0.2) is 0 Å². The number of rotatable bonds is 2. The maximum atomic E-state index is 10.5. The topological polar surface area (TPSA) is 35.5 Å². The summed E-state index contributed by atoms with van der Waals surface area (Å²) in [5, 5.41) is 0. The first-order valence-corrected chi connectivity index (χ1v) is 3.90. The third-order valence-electron chi connectivity index (χ3n) is 1.88. The molecule has 0 aliphatic carbocycles. The molecule has 1 rings (SSSR count). The summed E-state index contributed by atoms with van der Waals surface area (Å²) >= 11 is 0. The fourth-order valence-corrected chi connectivity index (χ4v) is 1.20. The van der Waals surface area contributed by atoms with Crippen LogP contribution in [0.5, 0.6) is 0 Å². The van der Waals surface area contributed by atoms with Gasteiger partial charge in [-0.05, 0) is 19.8 Å². The molecule has 0 aromatic rings. The lowest BCUT2D eigenvalue weighted by Crippen LogP contribution is -2.30. The van der Waals surface area contributed by atoms with Crippen LogP contribution in [0.2, 0.25) is 0 Å². The second kappa shape index (κ2) is 3.22. The molecule has 3 nitrogen and oxygen atoms in total. The monoisotopic (exact) mass is 158 g/mol. The van der Waals surface area contributed by atoms with E-state index in [4.69, 9.17) is 9.47 Å². The van der Waals surface area contributed by atoms with Gasteiger partial charge >= 0.3 is 5.97 Å². The van der Waals surface area contributed by atoms with Crippen molar-refractivity contribution in [2.24, 2.45) is 0 Å². The van der Waals surface area contributed by atoms with E-state index in [0.717, 1.165) is 19.4 Å². The Kier molecular flexibility index (Phi) is 2.49. The molecule has 0 spiro atoms. The average Bonchev–Trinajstić information content (AvgIpc) is 2.33. The zero-order valence-corrected chi connectivity index (χ0v) is 7.05. The second-order valence-electron chi connectivity index (χ2n) is 3.18. The molecule has 0 aromatic heterocycles. The van der Waals surface area contributed by atoms with Crippen LogP contribution in [0.1, 0.15) is 26.7 Å². The van der Waals surface area contributed by atoms with E-state index >= 15 is 0 Å². The average molecular weight is 158 g/mol. The lowest BCUT2D eigenvalue weighted by Gasteiger charge is -2.21. The van der Waals surface area contributed by atoms with Crippen LogP contribution in [0.25, 0.3) is 0 Å². The molecule has 1 heterocycles. The molecule has 0 saturated carbocycles. The minimum Gasteiger partial charge on any atom is -0.463 e. The highest BCUT2D eigenvalue weighted by Gasteiger charge is 2.30. The minimum atomic E-state index is -0.235. The number of hydrogen-bond donors (Lipinski definition) is 0. The highest BCUT2D eigenvalue weighted by Crippen LogP contribution is 2.24. The van der Waals surface area contributed by atoms with Crippen molar-refractivity contribution in [2.75, 3.05) is 13.2 Å². The molecule has 64 valence electrons. The van der Waals surface area contributed by atoms with Gasteiger partial charge in [-0.1, -0.05) is 0 Å². The van der Waals surface area contributed by atoms with Gasteiger partial charge in [0.25, 0.3) is 0 Å². The third kappa shape index (κ3) is 2.50. The highest BCUT2D eigenvalue weighted by molar-refractivity contribution is 5.65. The summed E-state index contributed by atoms with van der Waals surface area (Å²) in [6.45, 7) is 4.57. The molecule has 0 aromatic carbocycles. The van der Waals surface area contributed by atoms with Crippen molar-refractivity contribution in [2.45, 2.75) is 32.3 Å². The molecule has 1 aliphatic rings. The van der Waals surface area contributed by atoms with Crippen LogP contribution in [0.3, 0.4) is 0 Å². The maximum Gasteiger partial charge on any atom is 0.302 e. The van der Waals surface area contributed by atoms with Crippen LogP contribution in [0, 0.1) is 0 Å². The van der Waals surface area contributed by atoms with Crippen LogP contribution in [-0.2, 0) is 14.3 Å². The molecule has 1 unspecified atom stereocenters. The predicted molar refractivity (Wildman–Crippen MR) is 40.2 cm³/mol. The first kappa shape index (κ1) is 8.53. The van der Waals surface area contributed by atoms with Gasteiger partial charge in [-0.25, -0.2) is 0 Å². The van der Waals surface area contributed by atoms with Gasteiger partial charge in [-0.15, -0.1) is 0 Å². The Hall–Kier alpha value is -0.570. The van der Waals surface area contributed by atoms with Crippen molar-refractivity contribution in [3.63, 3.8) is 0 Å². The Balaban J connectivity index is 2.28. The van der Waals surface area contributed by atoms with Crippen molar-refractivity contribution in [3.05, 3.63) is 0 Å². The van der Waals surface area contributed by atoms with E-state index in [-0.39, 0.29) is 11.6 Å². The summed E-state index contributed by atoms with van der Waals surface area (Å²) in [6.07, 6.45) is 2.05. The standard InChI is InChI=1S/C8H14O3/c1-7(9)10-6-8(2)4-3-5-11-8/h3-6H2,1-2H3. The molecular formula is C8H14O3. The molecule has 1 fully saturated rings. The summed E-state index contributed by atoms with van der Waals surface area (Å²) < 4.78 is 10.3. The van der Waals surface area contributed by atoms with Gasteiger partial charge in [0.2, 0.25) is 0 Å². The second-order valence-corrected chi connectivity index (χ2v) is 3.18. The number of esters is 1. The molecule has 0 bridgehead atoms. The van der Waals surface area contributed by atoms with E-state index < -0.39 is 0 Å². The molecule has 0 N–H and O–H groups in total. The molecule has 1 aliphatic heterocycles. The Labute approximate surface area is 66.7 Å². The van der Waals surface area contributed by atoms with E-state index in [1.807, 2.05) is 6.92 Å². The molecular weight excluding hydrogens is 144 g/mol. The lowest BCUT2D eigenvalue weighted by atomic mass is 10.1. The van der Waals surface area contributed by atoms with Gasteiger partial charge in [-0.2, -0.15) is 0 Å². The molecule has 0 amide bonds. The number of carbonyl (C=O) groups excluding carboxylic acids is 1. The van der Waals surface area contributed by atoms with Crippen LogP contribution in [0.4, 0.5) is 0 Å². The van der Waals surface area contributed by atoms with Gasteiger partial charge in [-0.3, -0.25) is 4.79 Å². The maximum absolute atomic E-state index is 10.5. The van der Waals surface area contributed by atoms with Gasteiger partial charge in [0, 0.05) is 13.5 Å². The van der Waals surface area contributed by atoms with Crippen molar-refractivity contribution in [1.82, 2.24) is 0 Å². The van der Waals surface area contributed by atoms with E-state index in [2.05, 4.69) is 0 Å². The predicted octanol–water partition coefficient (Wildman–Crippen LogP) is 1.12. The fraction of sp³-hybridized carbons (Fsp3) is 0.875. The van der Waals surface area contributed by atoms with E-state index in [1.165, 1.54) is 6.92 Å². The van der Waals surface area contributed by atoms with Crippen molar-refractivity contribution in [1.29, 1.82) is 0 Å². The molecule has 11 heavy (non-hydrogen) atoms. The van der Waals surface area contributed by atoms with Gasteiger partial charge < -0.3 is 9.47 Å². The smallest absolute Gasteiger partial charge is 0.302 e.